The van der Waals surface area contributed by atoms with Gasteiger partial charge in [0.2, 0.25) is 0 Å². The van der Waals surface area contributed by atoms with Gasteiger partial charge in [-0.05, 0) is 18.2 Å². The summed E-state index contributed by atoms with van der Waals surface area (Å²) in [5, 5.41) is 0.712. The first-order valence-corrected chi connectivity index (χ1v) is 7.76. The van der Waals surface area contributed by atoms with Crippen molar-refractivity contribution in [3.8, 4) is 11.5 Å². The van der Waals surface area contributed by atoms with E-state index < -0.39 is 0 Å². The summed E-state index contributed by atoms with van der Waals surface area (Å²) in [5.41, 5.74) is 0.627. The van der Waals surface area contributed by atoms with E-state index in [1.54, 1.807) is 18.2 Å². The van der Waals surface area contributed by atoms with Crippen LogP contribution in [0.4, 0.5) is 0 Å². The molecule has 0 spiro atoms. The van der Waals surface area contributed by atoms with Gasteiger partial charge in [0.05, 0.1) is 19.3 Å². The van der Waals surface area contributed by atoms with Crippen LogP contribution in [0.25, 0.3) is 0 Å². The van der Waals surface area contributed by atoms with E-state index in [0.29, 0.717) is 55.4 Å². The number of carbonyl (C=O) groups is 1. The molecule has 1 saturated heterocycles. The molecule has 1 unspecified atom stereocenters. The number of hydrogen-bond donors (Lipinski definition) is 0. The highest BCUT2D eigenvalue weighted by atomic mass is 79.9. The van der Waals surface area contributed by atoms with Crippen LogP contribution in [-0.4, -0.2) is 55.2 Å². The fraction of sp³-hybridized carbons (Fsp3) is 0.500. The summed E-state index contributed by atoms with van der Waals surface area (Å²) in [7, 11) is 0. The number of rotatable bonds is 2. The third kappa shape index (κ3) is 2.62. The quantitative estimate of drug-likeness (QED) is 0.768. The van der Waals surface area contributed by atoms with Crippen LogP contribution in [0.1, 0.15) is 10.4 Å². The topological polar surface area (TPSA) is 48.0 Å². The van der Waals surface area contributed by atoms with Crippen molar-refractivity contribution >= 4 is 21.8 Å². The van der Waals surface area contributed by atoms with Crippen LogP contribution < -0.4 is 9.47 Å². The lowest BCUT2D eigenvalue weighted by atomic mass is 10.1. The van der Waals surface area contributed by atoms with Gasteiger partial charge in [-0.15, -0.1) is 0 Å². The number of benzene rings is 1. The van der Waals surface area contributed by atoms with E-state index in [9.17, 15) is 4.79 Å². The van der Waals surface area contributed by atoms with E-state index in [1.807, 2.05) is 4.90 Å². The van der Waals surface area contributed by atoms with Gasteiger partial charge >= 0.3 is 0 Å². The lowest BCUT2D eigenvalue weighted by molar-refractivity contribution is 0.00521. The predicted molar refractivity (Wildman–Crippen MR) is 76.9 cm³/mol. The van der Waals surface area contributed by atoms with E-state index >= 15 is 0 Å². The molecule has 20 heavy (non-hydrogen) atoms. The van der Waals surface area contributed by atoms with Crippen LogP contribution in [0.3, 0.4) is 0 Å². The highest BCUT2D eigenvalue weighted by molar-refractivity contribution is 9.09. The summed E-state index contributed by atoms with van der Waals surface area (Å²) < 4.78 is 16.4. The Morgan fingerprint density at radius 1 is 1.25 bits per heavy atom. The van der Waals surface area contributed by atoms with Crippen molar-refractivity contribution in [2.75, 3.05) is 38.3 Å². The number of hydrogen-bond acceptors (Lipinski definition) is 4. The first-order chi connectivity index (χ1) is 9.79. The number of alkyl halides is 1. The Balaban J connectivity index is 1.82. The monoisotopic (exact) mass is 341 g/mol. The number of fused-ring (bicyclic) bond motifs is 1. The Labute approximate surface area is 125 Å². The van der Waals surface area contributed by atoms with Crippen molar-refractivity contribution in [1.29, 1.82) is 0 Å². The van der Waals surface area contributed by atoms with Crippen LogP contribution >= 0.6 is 15.9 Å². The average molecular weight is 342 g/mol. The number of carbonyl (C=O) groups excluding carboxylic acids is 1. The highest BCUT2D eigenvalue weighted by Gasteiger charge is 2.28. The first kappa shape index (κ1) is 13.7. The van der Waals surface area contributed by atoms with Gasteiger partial charge in [-0.2, -0.15) is 0 Å². The average Bonchev–Trinajstić information content (AvgIpc) is 2.53. The van der Waals surface area contributed by atoms with Gasteiger partial charge in [-0.25, -0.2) is 0 Å². The standard InChI is InChI=1S/C14H16BrNO4/c15-8-11-9-18-4-3-16(11)14(17)10-1-2-12-13(7-10)20-6-5-19-12/h1-2,7,11H,3-6,8-9H2. The Bertz CT molecular complexity index is 508. The van der Waals surface area contributed by atoms with Gasteiger partial charge in [0.15, 0.2) is 11.5 Å². The van der Waals surface area contributed by atoms with E-state index in [2.05, 4.69) is 15.9 Å². The SMILES string of the molecule is O=C(c1ccc2c(c1)OCCO2)N1CCOCC1CBr. The largest absolute Gasteiger partial charge is 0.486 e. The Kier molecular flexibility index (Phi) is 4.12. The van der Waals surface area contributed by atoms with Gasteiger partial charge in [-0.1, -0.05) is 15.9 Å². The molecule has 1 aromatic carbocycles. The summed E-state index contributed by atoms with van der Waals surface area (Å²) >= 11 is 3.43. The summed E-state index contributed by atoms with van der Waals surface area (Å²) in [5.74, 6) is 1.35. The fourth-order valence-electron chi connectivity index (χ4n) is 2.39. The molecule has 0 aromatic heterocycles. The van der Waals surface area contributed by atoms with E-state index in [0.717, 1.165) is 0 Å². The smallest absolute Gasteiger partial charge is 0.254 e. The number of amides is 1. The zero-order valence-electron chi connectivity index (χ0n) is 11.0. The molecule has 3 rings (SSSR count). The van der Waals surface area contributed by atoms with Crippen LogP contribution in [0, 0.1) is 0 Å². The number of halogens is 1. The predicted octanol–water partition coefficient (Wildman–Crippen LogP) is 1.69. The zero-order chi connectivity index (χ0) is 13.9. The molecule has 1 aromatic rings. The summed E-state index contributed by atoms with van der Waals surface area (Å²) in [6.07, 6.45) is 0. The van der Waals surface area contributed by atoms with Crippen molar-refractivity contribution in [2.45, 2.75) is 6.04 Å². The molecular formula is C14H16BrNO4. The maximum Gasteiger partial charge on any atom is 0.254 e. The molecule has 1 atom stereocenters. The molecule has 2 heterocycles. The second-order valence-electron chi connectivity index (χ2n) is 4.74. The molecule has 0 bridgehead atoms. The van der Waals surface area contributed by atoms with E-state index in [-0.39, 0.29) is 11.9 Å². The molecule has 1 amide bonds. The van der Waals surface area contributed by atoms with E-state index in [1.165, 1.54) is 0 Å². The minimum absolute atomic E-state index is 0.00900. The summed E-state index contributed by atoms with van der Waals surface area (Å²) in [6.45, 7) is 2.84. The maximum atomic E-state index is 12.6. The molecule has 0 N–H and O–H groups in total. The molecule has 2 aliphatic rings. The normalized spacial score (nSPS) is 21.6. The minimum Gasteiger partial charge on any atom is -0.486 e. The lowest BCUT2D eigenvalue weighted by Gasteiger charge is -2.34. The molecule has 0 radical (unpaired) electrons. The van der Waals surface area contributed by atoms with Crippen LogP contribution in [-0.2, 0) is 4.74 Å². The Hall–Kier alpha value is -1.27. The van der Waals surface area contributed by atoms with Crippen LogP contribution in [0.2, 0.25) is 0 Å². The second kappa shape index (κ2) is 6.01. The van der Waals surface area contributed by atoms with Gasteiger partial charge in [-0.3, -0.25) is 4.79 Å². The van der Waals surface area contributed by atoms with Crippen molar-refractivity contribution in [3.05, 3.63) is 23.8 Å². The maximum absolute atomic E-state index is 12.6. The Morgan fingerprint density at radius 3 is 2.85 bits per heavy atom. The third-order valence-corrected chi connectivity index (χ3v) is 4.20. The zero-order valence-corrected chi connectivity index (χ0v) is 12.6. The van der Waals surface area contributed by atoms with Gasteiger partial charge in [0, 0.05) is 17.4 Å². The Morgan fingerprint density at radius 2 is 2.05 bits per heavy atom. The van der Waals surface area contributed by atoms with Crippen molar-refractivity contribution in [2.24, 2.45) is 0 Å². The lowest BCUT2D eigenvalue weighted by Crippen LogP contribution is -2.49. The molecule has 1 fully saturated rings. The molecule has 6 heteroatoms. The molecule has 0 aliphatic carbocycles. The van der Waals surface area contributed by atoms with Gasteiger partial charge < -0.3 is 19.1 Å². The van der Waals surface area contributed by atoms with Crippen molar-refractivity contribution in [1.82, 2.24) is 4.90 Å². The number of ether oxygens (including phenoxy) is 3. The van der Waals surface area contributed by atoms with Crippen LogP contribution in [0.15, 0.2) is 18.2 Å². The second-order valence-corrected chi connectivity index (χ2v) is 5.39. The molecule has 108 valence electrons. The van der Waals surface area contributed by atoms with Crippen molar-refractivity contribution in [3.63, 3.8) is 0 Å². The van der Waals surface area contributed by atoms with Gasteiger partial charge in [0.1, 0.15) is 13.2 Å². The highest BCUT2D eigenvalue weighted by Crippen LogP contribution is 2.31. The number of morpholine rings is 1. The van der Waals surface area contributed by atoms with Crippen molar-refractivity contribution < 1.29 is 19.0 Å². The molecule has 0 saturated carbocycles. The third-order valence-electron chi connectivity index (χ3n) is 3.46. The minimum atomic E-state index is 0.00900. The fourth-order valence-corrected chi connectivity index (χ4v) is 2.93. The first-order valence-electron chi connectivity index (χ1n) is 6.64. The molecule has 2 aliphatic heterocycles. The number of nitrogens with zero attached hydrogens (tertiary/aromatic N) is 1. The van der Waals surface area contributed by atoms with E-state index in [4.69, 9.17) is 14.2 Å². The summed E-state index contributed by atoms with van der Waals surface area (Å²) in [4.78, 5) is 14.5. The molecular weight excluding hydrogens is 326 g/mol. The van der Waals surface area contributed by atoms with Crippen LogP contribution in [0.5, 0.6) is 11.5 Å². The van der Waals surface area contributed by atoms with Gasteiger partial charge in [0.25, 0.3) is 5.91 Å². The summed E-state index contributed by atoms with van der Waals surface area (Å²) in [6, 6.07) is 5.42. The molecule has 5 nitrogen and oxygen atoms in total.